The molecule has 2 aromatic heterocycles. The van der Waals surface area contributed by atoms with Crippen LogP contribution in [0.25, 0.3) is 76.5 Å². The predicted octanol–water partition coefficient (Wildman–Crippen LogP) is 12.9. The first kappa shape index (κ1) is 26.0. The van der Waals surface area contributed by atoms with Gasteiger partial charge in [-0.3, -0.25) is 0 Å². The molecular weight excluding hydrogens is 574 g/mol. The van der Waals surface area contributed by atoms with E-state index >= 15 is 0 Å². The maximum Gasteiger partial charge on any atom is 0.143 e. The minimum Gasteiger partial charge on any atom is -0.456 e. The van der Waals surface area contributed by atoms with E-state index in [9.17, 15) is 0 Å². The van der Waals surface area contributed by atoms with Crippen molar-refractivity contribution in [3.05, 3.63) is 164 Å². The second-order valence-corrected chi connectivity index (χ2v) is 12.1. The van der Waals surface area contributed by atoms with Crippen molar-refractivity contribution in [2.75, 3.05) is 4.90 Å². The molecule has 0 radical (unpaired) electrons. The SMILES string of the molecule is c1ccc(N(c2ccc(-c3ccc4ccccc4c3)cc2)c2ccc3oc4ccc5oc6c7ccccc7ccc6c5c4c3c2)cc1. The lowest BCUT2D eigenvalue weighted by atomic mass is 10.0. The summed E-state index contributed by atoms with van der Waals surface area (Å²) < 4.78 is 13.0. The molecule has 0 N–H and O–H groups in total. The van der Waals surface area contributed by atoms with Gasteiger partial charge >= 0.3 is 0 Å². The summed E-state index contributed by atoms with van der Waals surface area (Å²) in [5.41, 5.74) is 9.09. The Bertz CT molecular complexity index is 2790. The van der Waals surface area contributed by atoms with Gasteiger partial charge in [0, 0.05) is 44.0 Å². The van der Waals surface area contributed by atoms with Crippen molar-refractivity contribution >= 4 is 82.5 Å². The molecule has 3 nitrogen and oxygen atoms in total. The number of rotatable bonds is 4. The second kappa shape index (κ2) is 10.1. The van der Waals surface area contributed by atoms with Crippen LogP contribution in [0.4, 0.5) is 17.1 Å². The number of hydrogen-bond donors (Lipinski definition) is 0. The molecule has 10 aromatic rings. The van der Waals surface area contributed by atoms with Gasteiger partial charge in [0.15, 0.2) is 0 Å². The van der Waals surface area contributed by atoms with Crippen molar-refractivity contribution in [2.45, 2.75) is 0 Å². The quantitative estimate of drug-likeness (QED) is 0.201. The van der Waals surface area contributed by atoms with E-state index in [-0.39, 0.29) is 0 Å². The zero-order valence-electron chi connectivity index (χ0n) is 25.4. The fourth-order valence-corrected chi connectivity index (χ4v) is 7.19. The third kappa shape index (κ3) is 4.07. The van der Waals surface area contributed by atoms with Crippen LogP contribution >= 0.6 is 0 Å². The minimum absolute atomic E-state index is 0.853. The summed E-state index contributed by atoms with van der Waals surface area (Å²) in [7, 11) is 0. The number of anilines is 3. The van der Waals surface area contributed by atoms with E-state index in [0.717, 1.165) is 66.3 Å². The standard InChI is InChI=1S/C44H27NO2/c1-2-11-33(12-3-1)45(34-19-16-29(17-20-34)32-15-14-28-8-4-5-10-31(28)26-32)35-21-23-39-38(27-35)43-40(46-39)24-25-41-42(43)37-22-18-30-9-6-7-13-36(30)44(37)47-41/h1-27H. The van der Waals surface area contributed by atoms with Gasteiger partial charge in [0.2, 0.25) is 0 Å². The monoisotopic (exact) mass is 601 g/mol. The van der Waals surface area contributed by atoms with E-state index < -0.39 is 0 Å². The van der Waals surface area contributed by atoms with Crippen molar-refractivity contribution in [3.8, 4) is 11.1 Å². The lowest BCUT2D eigenvalue weighted by Crippen LogP contribution is -2.09. The molecule has 0 bridgehead atoms. The molecule has 0 aliphatic heterocycles. The summed E-state index contributed by atoms with van der Waals surface area (Å²) >= 11 is 0. The van der Waals surface area contributed by atoms with E-state index in [0.29, 0.717) is 0 Å². The number of fused-ring (bicyclic) bond motifs is 10. The molecule has 0 aliphatic carbocycles. The summed E-state index contributed by atoms with van der Waals surface area (Å²) in [5.74, 6) is 0. The molecular formula is C44H27NO2. The van der Waals surface area contributed by atoms with Gasteiger partial charge < -0.3 is 13.7 Å². The lowest BCUT2D eigenvalue weighted by molar-refractivity contribution is 0.664. The van der Waals surface area contributed by atoms with Crippen molar-refractivity contribution in [1.29, 1.82) is 0 Å². The Labute approximate surface area is 270 Å². The number of hydrogen-bond acceptors (Lipinski definition) is 3. The molecule has 0 aliphatic rings. The smallest absolute Gasteiger partial charge is 0.143 e. The van der Waals surface area contributed by atoms with Crippen LogP contribution < -0.4 is 4.90 Å². The van der Waals surface area contributed by atoms with Crippen LogP contribution in [0.15, 0.2) is 173 Å². The summed E-state index contributed by atoms with van der Waals surface area (Å²) in [6, 6.07) is 57.9. The molecule has 0 atom stereocenters. The maximum absolute atomic E-state index is 6.53. The highest BCUT2D eigenvalue weighted by molar-refractivity contribution is 6.28. The van der Waals surface area contributed by atoms with Crippen LogP contribution in [-0.2, 0) is 0 Å². The Morgan fingerprint density at radius 2 is 0.957 bits per heavy atom. The fourth-order valence-electron chi connectivity index (χ4n) is 7.19. The molecule has 0 saturated heterocycles. The molecule has 0 amide bonds. The highest BCUT2D eigenvalue weighted by Gasteiger charge is 2.20. The van der Waals surface area contributed by atoms with Crippen LogP contribution in [0.5, 0.6) is 0 Å². The van der Waals surface area contributed by atoms with Gasteiger partial charge in [-0.25, -0.2) is 0 Å². The topological polar surface area (TPSA) is 29.5 Å². The Balaban J connectivity index is 1.15. The van der Waals surface area contributed by atoms with Crippen LogP contribution in [-0.4, -0.2) is 0 Å². The normalized spacial score (nSPS) is 11.8. The molecule has 10 rings (SSSR count). The zero-order chi connectivity index (χ0) is 30.9. The molecule has 0 unspecified atom stereocenters. The molecule has 2 heterocycles. The summed E-state index contributed by atoms with van der Waals surface area (Å²) in [5, 5.41) is 9.10. The van der Waals surface area contributed by atoms with E-state index in [1.165, 1.54) is 27.3 Å². The molecule has 220 valence electrons. The highest BCUT2D eigenvalue weighted by atomic mass is 16.3. The van der Waals surface area contributed by atoms with E-state index in [4.69, 9.17) is 8.83 Å². The van der Waals surface area contributed by atoms with E-state index in [1.54, 1.807) is 0 Å². The highest BCUT2D eigenvalue weighted by Crippen LogP contribution is 2.44. The second-order valence-electron chi connectivity index (χ2n) is 12.1. The third-order valence-corrected chi connectivity index (χ3v) is 9.42. The minimum atomic E-state index is 0.853. The van der Waals surface area contributed by atoms with Gasteiger partial charge in [0.25, 0.3) is 0 Å². The van der Waals surface area contributed by atoms with Gasteiger partial charge in [0.05, 0.1) is 0 Å². The first-order chi connectivity index (χ1) is 23.3. The van der Waals surface area contributed by atoms with Crippen molar-refractivity contribution < 1.29 is 8.83 Å². The van der Waals surface area contributed by atoms with Crippen LogP contribution in [0.3, 0.4) is 0 Å². The maximum atomic E-state index is 6.53. The molecule has 0 fully saturated rings. The third-order valence-electron chi connectivity index (χ3n) is 9.42. The number of furan rings is 2. The zero-order valence-corrected chi connectivity index (χ0v) is 25.4. The van der Waals surface area contributed by atoms with Crippen LogP contribution in [0, 0.1) is 0 Å². The van der Waals surface area contributed by atoms with Gasteiger partial charge in [-0.1, -0.05) is 97.1 Å². The number of para-hydroxylation sites is 1. The van der Waals surface area contributed by atoms with Crippen LogP contribution in [0.2, 0.25) is 0 Å². The summed E-state index contributed by atoms with van der Waals surface area (Å²) in [4.78, 5) is 2.31. The number of nitrogens with zero attached hydrogens (tertiary/aromatic N) is 1. The summed E-state index contributed by atoms with van der Waals surface area (Å²) in [6.45, 7) is 0. The lowest BCUT2D eigenvalue weighted by Gasteiger charge is -2.25. The predicted molar refractivity (Wildman–Crippen MR) is 196 cm³/mol. The Hall–Kier alpha value is -6.32. The molecule has 47 heavy (non-hydrogen) atoms. The first-order valence-electron chi connectivity index (χ1n) is 15.9. The fraction of sp³-hybridized carbons (Fsp3) is 0. The van der Waals surface area contributed by atoms with E-state index in [1.807, 2.05) is 12.1 Å². The largest absolute Gasteiger partial charge is 0.456 e. The van der Waals surface area contributed by atoms with Crippen molar-refractivity contribution in [1.82, 2.24) is 0 Å². The molecule has 8 aromatic carbocycles. The first-order valence-corrected chi connectivity index (χ1v) is 15.9. The molecule has 0 saturated carbocycles. The Morgan fingerprint density at radius 1 is 0.340 bits per heavy atom. The van der Waals surface area contributed by atoms with E-state index in [2.05, 4.69) is 157 Å². The Kier molecular flexibility index (Phi) is 5.57. The van der Waals surface area contributed by atoms with Crippen molar-refractivity contribution in [2.24, 2.45) is 0 Å². The average molecular weight is 602 g/mol. The molecule has 3 heteroatoms. The van der Waals surface area contributed by atoms with Gasteiger partial charge in [-0.2, -0.15) is 0 Å². The number of benzene rings is 8. The van der Waals surface area contributed by atoms with Crippen LogP contribution in [0.1, 0.15) is 0 Å². The summed E-state index contributed by atoms with van der Waals surface area (Å²) in [6.07, 6.45) is 0. The van der Waals surface area contributed by atoms with Gasteiger partial charge in [-0.05, 0) is 94.0 Å². The van der Waals surface area contributed by atoms with Gasteiger partial charge in [0.1, 0.15) is 22.3 Å². The van der Waals surface area contributed by atoms with Crippen molar-refractivity contribution in [3.63, 3.8) is 0 Å². The molecule has 0 spiro atoms. The Morgan fingerprint density at radius 3 is 1.81 bits per heavy atom. The van der Waals surface area contributed by atoms with Gasteiger partial charge in [-0.15, -0.1) is 0 Å². The average Bonchev–Trinajstić information content (AvgIpc) is 3.70.